The maximum atomic E-state index is 12.6. The van der Waals surface area contributed by atoms with Crippen LogP contribution in [0.25, 0.3) is 0 Å². The van der Waals surface area contributed by atoms with Crippen LogP contribution in [0.2, 0.25) is 0 Å². The fourth-order valence-electron chi connectivity index (χ4n) is 6.75. The van der Waals surface area contributed by atoms with Crippen molar-refractivity contribution in [2.75, 3.05) is 26.4 Å². The smallest absolute Gasteiger partial charge is 0.462 e. The highest BCUT2D eigenvalue weighted by Gasteiger charge is 2.27. The largest absolute Gasteiger partial charge is 0.472 e. The van der Waals surface area contributed by atoms with E-state index in [1.165, 1.54) is 135 Å². The average molecular weight is 833 g/mol. The molecule has 0 saturated carbocycles. The van der Waals surface area contributed by atoms with Crippen LogP contribution in [0.1, 0.15) is 232 Å². The zero-order valence-corrected chi connectivity index (χ0v) is 37.7. The van der Waals surface area contributed by atoms with Crippen LogP contribution in [0.15, 0.2) is 12.2 Å². The van der Waals surface area contributed by atoms with Crippen LogP contribution < -0.4 is 0 Å². The summed E-state index contributed by atoms with van der Waals surface area (Å²) in [5.41, 5.74) is 0. The highest BCUT2D eigenvalue weighted by molar-refractivity contribution is 7.47. The minimum Gasteiger partial charge on any atom is -0.462 e. The molecule has 0 radical (unpaired) electrons. The number of aliphatic hydroxyl groups excluding tert-OH is 2. The predicted octanol–water partition coefficient (Wildman–Crippen LogP) is 12.8. The van der Waals surface area contributed by atoms with Crippen molar-refractivity contribution in [1.29, 1.82) is 0 Å². The summed E-state index contributed by atoms with van der Waals surface area (Å²) in [4.78, 5) is 35.0. The van der Waals surface area contributed by atoms with Crippen LogP contribution >= 0.6 is 7.82 Å². The SMILES string of the molecule is CCCCCC/C=C/CCCCCCCC(=O)OC[C@H](COP(=O)(O)OC[C@@H](O)CO)OC(=O)CCCCCCCCCCCCCCCCCCCCCCC. The van der Waals surface area contributed by atoms with Gasteiger partial charge in [0.2, 0.25) is 0 Å². The van der Waals surface area contributed by atoms with Crippen molar-refractivity contribution in [3.63, 3.8) is 0 Å². The number of unbranched alkanes of at least 4 members (excludes halogenated alkanes) is 29. The lowest BCUT2D eigenvalue weighted by Crippen LogP contribution is -2.29. The van der Waals surface area contributed by atoms with Gasteiger partial charge < -0.3 is 24.6 Å². The van der Waals surface area contributed by atoms with E-state index in [4.69, 9.17) is 23.6 Å². The van der Waals surface area contributed by atoms with Crippen molar-refractivity contribution in [2.45, 2.75) is 244 Å². The molecular weight excluding hydrogens is 743 g/mol. The second kappa shape index (κ2) is 42.8. The van der Waals surface area contributed by atoms with Crippen molar-refractivity contribution in [1.82, 2.24) is 0 Å². The fourth-order valence-corrected chi connectivity index (χ4v) is 7.54. The number of phosphoric ester groups is 1. The lowest BCUT2D eigenvalue weighted by molar-refractivity contribution is -0.161. The molecule has 0 aliphatic rings. The second-order valence-electron chi connectivity index (χ2n) is 16.1. The molecule has 0 amide bonds. The van der Waals surface area contributed by atoms with Gasteiger partial charge in [-0.05, 0) is 38.5 Å². The molecule has 0 rings (SSSR count). The minimum absolute atomic E-state index is 0.189. The van der Waals surface area contributed by atoms with Crippen LogP contribution in [0.5, 0.6) is 0 Å². The van der Waals surface area contributed by atoms with Crippen molar-refractivity contribution in [3.05, 3.63) is 12.2 Å². The number of esters is 2. The van der Waals surface area contributed by atoms with E-state index in [2.05, 4.69) is 26.0 Å². The maximum Gasteiger partial charge on any atom is 0.472 e. The van der Waals surface area contributed by atoms with Crippen molar-refractivity contribution in [3.8, 4) is 0 Å². The van der Waals surface area contributed by atoms with E-state index in [0.717, 1.165) is 57.8 Å². The molecule has 11 heteroatoms. The lowest BCUT2D eigenvalue weighted by Gasteiger charge is -2.20. The van der Waals surface area contributed by atoms with Gasteiger partial charge >= 0.3 is 19.8 Å². The lowest BCUT2D eigenvalue weighted by atomic mass is 10.0. The number of hydrogen-bond acceptors (Lipinski definition) is 9. The number of rotatable bonds is 45. The molecule has 0 bridgehead atoms. The minimum atomic E-state index is -4.61. The molecule has 0 aliphatic heterocycles. The molecule has 0 aromatic carbocycles. The number of ether oxygens (including phenoxy) is 2. The first-order chi connectivity index (χ1) is 27.7. The zero-order chi connectivity index (χ0) is 41.9. The highest BCUT2D eigenvalue weighted by Crippen LogP contribution is 2.43. The number of aliphatic hydroxyl groups is 2. The molecule has 0 heterocycles. The average Bonchev–Trinajstić information content (AvgIpc) is 3.20. The third-order valence-electron chi connectivity index (χ3n) is 10.4. The Balaban J connectivity index is 4.17. The summed E-state index contributed by atoms with van der Waals surface area (Å²) in [5, 5.41) is 18.3. The van der Waals surface area contributed by atoms with Gasteiger partial charge in [0.05, 0.1) is 19.8 Å². The van der Waals surface area contributed by atoms with E-state index in [1.807, 2.05) is 0 Å². The molecule has 0 aromatic heterocycles. The monoisotopic (exact) mass is 833 g/mol. The molecule has 3 atom stereocenters. The van der Waals surface area contributed by atoms with E-state index < -0.39 is 51.8 Å². The Kier molecular flexibility index (Phi) is 41.9. The van der Waals surface area contributed by atoms with Gasteiger partial charge in [-0.2, -0.15) is 0 Å². The molecule has 3 N–H and O–H groups in total. The van der Waals surface area contributed by atoms with E-state index in [0.29, 0.717) is 12.8 Å². The van der Waals surface area contributed by atoms with Gasteiger partial charge in [0, 0.05) is 12.8 Å². The molecule has 1 unspecified atom stereocenters. The number of allylic oxidation sites excluding steroid dienone is 2. The molecule has 338 valence electrons. The number of carbonyl (C=O) groups is 2. The number of carbonyl (C=O) groups excluding carboxylic acids is 2. The van der Waals surface area contributed by atoms with Crippen LogP contribution in [-0.2, 0) is 32.7 Å². The third-order valence-corrected chi connectivity index (χ3v) is 11.4. The van der Waals surface area contributed by atoms with Crippen LogP contribution in [0.3, 0.4) is 0 Å². The van der Waals surface area contributed by atoms with E-state index >= 15 is 0 Å². The summed E-state index contributed by atoms with van der Waals surface area (Å²) in [6.45, 7) is 2.39. The van der Waals surface area contributed by atoms with Gasteiger partial charge in [-0.3, -0.25) is 18.6 Å². The molecule has 0 spiro atoms. The molecule has 0 aromatic rings. The first kappa shape index (κ1) is 55.7. The van der Waals surface area contributed by atoms with Gasteiger partial charge in [0.25, 0.3) is 0 Å². The topological polar surface area (TPSA) is 149 Å². The van der Waals surface area contributed by atoms with Crippen molar-refractivity contribution >= 4 is 19.8 Å². The number of hydrogen-bond donors (Lipinski definition) is 3. The van der Waals surface area contributed by atoms with Gasteiger partial charge in [0.1, 0.15) is 12.7 Å². The van der Waals surface area contributed by atoms with Crippen LogP contribution in [-0.4, -0.2) is 65.7 Å². The first-order valence-corrected chi connectivity index (χ1v) is 25.1. The molecule has 0 fully saturated rings. The first-order valence-electron chi connectivity index (χ1n) is 23.6. The molecule has 0 aliphatic carbocycles. The molecule has 57 heavy (non-hydrogen) atoms. The highest BCUT2D eigenvalue weighted by atomic mass is 31.2. The quantitative estimate of drug-likeness (QED) is 0.0234. The standard InChI is InChI=1S/C46H89O10P/c1-3-5-7-9-11-13-15-17-18-19-20-21-22-23-24-26-28-30-32-34-36-38-46(50)56-44(42-55-57(51,52)54-40-43(48)39-47)41-53-45(49)37-35-33-31-29-27-25-16-14-12-10-8-6-4-2/h14,16,43-44,47-48H,3-13,15,17-42H2,1-2H3,(H,51,52)/b16-14+/t43-,44+/m0/s1. The Labute approximate surface area is 349 Å². The molecular formula is C46H89O10P. The van der Waals surface area contributed by atoms with E-state index in [1.54, 1.807) is 0 Å². The third kappa shape index (κ3) is 42.6. The normalized spacial score (nSPS) is 13.8. The Morgan fingerprint density at radius 2 is 0.860 bits per heavy atom. The van der Waals surface area contributed by atoms with E-state index in [-0.39, 0.29) is 19.4 Å². The Morgan fingerprint density at radius 1 is 0.509 bits per heavy atom. The Morgan fingerprint density at radius 3 is 1.28 bits per heavy atom. The zero-order valence-electron chi connectivity index (χ0n) is 36.8. The van der Waals surface area contributed by atoms with Crippen LogP contribution in [0, 0.1) is 0 Å². The van der Waals surface area contributed by atoms with Crippen molar-refractivity contribution in [2.24, 2.45) is 0 Å². The summed E-state index contributed by atoms with van der Waals surface area (Å²) >= 11 is 0. The molecule has 10 nitrogen and oxygen atoms in total. The van der Waals surface area contributed by atoms with E-state index in [9.17, 15) is 24.2 Å². The fraction of sp³-hybridized carbons (Fsp3) is 0.913. The van der Waals surface area contributed by atoms with Gasteiger partial charge in [-0.25, -0.2) is 4.57 Å². The summed E-state index contributed by atoms with van der Waals surface area (Å²) in [6, 6.07) is 0. The van der Waals surface area contributed by atoms with Crippen LogP contribution in [0.4, 0.5) is 0 Å². The van der Waals surface area contributed by atoms with Gasteiger partial charge in [-0.15, -0.1) is 0 Å². The number of phosphoric acid groups is 1. The second-order valence-corrected chi connectivity index (χ2v) is 17.6. The predicted molar refractivity (Wildman–Crippen MR) is 233 cm³/mol. The summed E-state index contributed by atoms with van der Waals surface area (Å²) in [6.07, 6.45) is 41.8. The Bertz CT molecular complexity index is 961. The maximum absolute atomic E-state index is 12.6. The van der Waals surface area contributed by atoms with Gasteiger partial charge in [-0.1, -0.05) is 193 Å². The Hall–Kier alpha value is -1.29. The van der Waals surface area contributed by atoms with Crippen molar-refractivity contribution < 1.29 is 47.8 Å². The summed E-state index contributed by atoms with van der Waals surface area (Å²) in [7, 11) is -4.61. The summed E-state index contributed by atoms with van der Waals surface area (Å²) in [5.74, 6) is -0.922. The molecule has 0 saturated heterocycles. The van der Waals surface area contributed by atoms with Gasteiger partial charge in [0.15, 0.2) is 6.10 Å². The summed E-state index contributed by atoms with van der Waals surface area (Å²) < 4.78 is 32.8.